The minimum absolute atomic E-state index is 0. The Hall–Kier alpha value is 0.250. The van der Waals surface area contributed by atoms with Gasteiger partial charge in [0.15, 0.2) is 0 Å². The number of quaternary nitrogens is 1. The SMILES string of the molecule is CCCC[N+](CC)(CC)CCCC.[Cl-]. The van der Waals surface area contributed by atoms with Crippen LogP contribution in [0.1, 0.15) is 53.4 Å². The highest BCUT2D eigenvalue weighted by atomic mass is 35.5. The third-order valence-corrected chi connectivity index (χ3v) is 3.31. The monoisotopic (exact) mass is 221 g/mol. The van der Waals surface area contributed by atoms with Crippen LogP contribution in [-0.4, -0.2) is 30.7 Å². The van der Waals surface area contributed by atoms with Crippen molar-refractivity contribution >= 4 is 0 Å². The number of rotatable bonds is 8. The molecular formula is C12H28ClN. The average Bonchev–Trinajstić information content (AvgIpc) is 2.20. The van der Waals surface area contributed by atoms with E-state index in [9.17, 15) is 0 Å². The van der Waals surface area contributed by atoms with Gasteiger partial charge >= 0.3 is 0 Å². The fourth-order valence-electron chi connectivity index (χ4n) is 1.95. The standard InChI is InChI=1S/C12H28N.ClH/c1-5-9-11-13(7-3,8-4)12-10-6-2;/h5-12H2,1-4H3;1H/q+1;/p-1. The summed E-state index contributed by atoms with van der Waals surface area (Å²) in [5.74, 6) is 0. The minimum Gasteiger partial charge on any atom is -1.00 e. The molecule has 88 valence electrons. The normalized spacial score (nSPS) is 11.1. The van der Waals surface area contributed by atoms with Crippen molar-refractivity contribution < 1.29 is 16.9 Å². The Morgan fingerprint density at radius 1 is 0.714 bits per heavy atom. The zero-order valence-electron chi connectivity index (χ0n) is 10.5. The maximum atomic E-state index is 2.34. The summed E-state index contributed by atoms with van der Waals surface area (Å²) < 4.78 is 1.35. The fraction of sp³-hybridized carbons (Fsp3) is 1.00. The van der Waals surface area contributed by atoms with Gasteiger partial charge in [0, 0.05) is 0 Å². The fourth-order valence-corrected chi connectivity index (χ4v) is 1.95. The maximum absolute atomic E-state index is 2.34. The lowest BCUT2D eigenvalue weighted by atomic mass is 10.2. The summed E-state index contributed by atoms with van der Waals surface area (Å²) in [6.45, 7) is 14.7. The lowest BCUT2D eigenvalue weighted by Crippen LogP contribution is -3.00. The summed E-state index contributed by atoms with van der Waals surface area (Å²) in [7, 11) is 0. The molecule has 0 spiro atoms. The van der Waals surface area contributed by atoms with E-state index < -0.39 is 0 Å². The zero-order valence-corrected chi connectivity index (χ0v) is 11.2. The van der Waals surface area contributed by atoms with E-state index in [1.54, 1.807) is 0 Å². The quantitative estimate of drug-likeness (QED) is 0.523. The molecule has 0 aromatic rings. The molecule has 0 radical (unpaired) electrons. The summed E-state index contributed by atoms with van der Waals surface area (Å²) >= 11 is 0. The lowest BCUT2D eigenvalue weighted by molar-refractivity contribution is -0.925. The zero-order chi connectivity index (χ0) is 10.2. The molecule has 14 heavy (non-hydrogen) atoms. The van der Waals surface area contributed by atoms with Crippen LogP contribution in [0.4, 0.5) is 0 Å². The van der Waals surface area contributed by atoms with Crippen LogP contribution in [0.5, 0.6) is 0 Å². The Morgan fingerprint density at radius 3 is 1.29 bits per heavy atom. The Balaban J connectivity index is 0. The highest BCUT2D eigenvalue weighted by Gasteiger charge is 2.20. The van der Waals surface area contributed by atoms with Crippen LogP contribution in [0, 0.1) is 0 Å². The van der Waals surface area contributed by atoms with Crippen LogP contribution in [0.25, 0.3) is 0 Å². The summed E-state index contributed by atoms with van der Waals surface area (Å²) in [5.41, 5.74) is 0. The molecule has 0 saturated carbocycles. The van der Waals surface area contributed by atoms with E-state index in [1.165, 1.54) is 56.3 Å². The molecule has 0 aromatic heterocycles. The van der Waals surface area contributed by atoms with Crippen LogP contribution < -0.4 is 12.4 Å². The van der Waals surface area contributed by atoms with E-state index in [0.29, 0.717) is 0 Å². The number of unbranched alkanes of at least 4 members (excludes halogenated alkanes) is 2. The van der Waals surface area contributed by atoms with Gasteiger partial charge in [0.05, 0.1) is 26.2 Å². The largest absolute Gasteiger partial charge is 1.00 e. The van der Waals surface area contributed by atoms with Crippen molar-refractivity contribution in [1.29, 1.82) is 0 Å². The average molecular weight is 222 g/mol. The van der Waals surface area contributed by atoms with Gasteiger partial charge in [-0.2, -0.15) is 0 Å². The van der Waals surface area contributed by atoms with Crippen molar-refractivity contribution in [2.75, 3.05) is 26.2 Å². The van der Waals surface area contributed by atoms with Crippen molar-refractivity contribution in [3.05, 3.63) is 0 Å². The Morgan fingerprint density at radius 2 is 1.07 bits per heavy atom. The van der Waals surface area contributed by atoms with Gasteiger partial charge in [-0.3, -0.25) is 0 Å². The van der Waals surface area contributed by atoms with Crippen LogP contribution in [0.15, 0.2) is 0 Å². The molecular weight excluding hydrogens is 194 g/mol. The van der Waals surface area contributed by atoms with E-state index in [2.05, 4.69) is 27.7 Å². The third-order valence-electron chi connectivity index (χ3n) is 3.31. The van der Waals surface area contributed by atoms with Gasteiger partial charge in [-0.25, -0.2) is 0 Å². The molecule has 0 aliphatic heterocycles. The second-order valence-electron chi connectivity index (χ2n) is 4.13. The van der Waals surface area contributed by atoms with Crippen molar-refractivity contribution in [2.45, 2.75) is 53.4 Å². The van der Waals surface area contributed by atoms with Crippen LogP contribution in [0.3, 0.4) is 0 Å². The molecule has 0 heterocycles. The molecule has 1 nitrogen and oxygen atoms in total. The van der Waals surface area contributed by atoms with Crippen molar-refractivity contribution in [2.24, 2.45) is 0 Å². The highest BCUT2D eigenvalue weighted by Crippen LogP contribution is 2.11. The number of hydrogen-bond donors (Lipinski definition) is 0. The molecule has 0 unspecified atom stereocenters. The first-order valence-corrected chi connectivity index (χ1v) is 6.09. The molecule has 0 fully saturated rings. The van der Waals surface area contributed by atoms with Gasteiger partial charge in [0.2, 0.25) is 0 Å². The third kappa shape index (κ3) is 5.87. The number of halogens is 1. The van der Waals surface area contributed by atoms with Gasteiger partial charge in [-0.05, 0) is 26.7 Å². The first-order chi connectivity index (χ1) is 6.24. The van der Waals surface area contributed by atoms with Crippen LogP contribution in [0.2, 0.25) is 0 Å². The van der Waals surface area contributed by atoms with Gasteiger partial charge in [-0.1, -0.05) is 26.7 Å². The smallest absolute Gasteiger partial charge is 0.0786 e. The summed E-state index contributed by atoms with van der Waals surface area (Å²) in [5, 5.41) is 0. The van der Waals surface area contributed by atoms with E-state index in [1.807, 2.05) is 0 Å². The van der Waals surface area contributed by atoms with E-state index >= 15 is 0 Å². The Kier molecular flexibility index (Phi) is 11.7. The first kappa shape index (κ1) is 16.7. The molecule has 0 saturated heterocycles. The molecule has 2 heteroatoms. The minimum atomic E-state index is 0. The van der Waals surface area contributed by atoms with Gasteiger partial charge in [0.25, 0.3) is 0 Å². The molecule has 0 atom stereocenters. The second kappa shape index (κ2) is 9.79. The molecule has 0 amide bonds. The molecule has 0 aliphatic carbocycles. The van der Waals surface area contributed by atoms with E-state index in [4.69, 9.17) is 0 Å². The predicted molar refractivity (Wildman–Crippen MR) is 60.9 cm³/mol. The van der Waals surface area contributed by atoms with Crippen LogP contribution >= 0.6 is 0 Å². The summed E-state index contributed by atoms with van der Waals surface area (Å²) in [6, 6.07) is 0. The van der Waals surface area contributed by atoms with E-state index in [-0.39, 0.29) is 12.4 Å². The van der Waals surface area contributed by atoms with Crippen molar-refractivity contribution in [3.8, 4) is 0 Å². The number of nitrogens with zero attached hydrogens (tertiary/aromatic N) is 1. The Labute approximate surface area is 96.9 Å². The lowest BCUT2D eigenvalue weighted by Gasteiger charge is -2.37. The molecule has 0 rings (SSSR count). The first-order valence-electron chi connectivity index (χ1n) is 6.09. The highest BCUT2D eigenvalue weighted by molar-refractivity contribution is 4.43. The summed E-state index contributed by atoms with van der Waals surface area (Å²) in [4.78, 5) is 0. The van der Waals surface area contributed by atoms with Gasteiger partial charge in [0.1, 0.15) is 0 Å². The molecule has 0 N–H and O–H groups in total. The summed E-state index contributed by atoms with van der Waals surface area (Å²) in [6.07, 6.45) is 5.47. The second-order valence-corrected chi connectivity index (χ2v) is 4.13. The molecule has 0 bridgehead atoms. The van der Waals surface area contributed by atoms with Crippen molar-refractivity contribution in [3.63, 3.8) is 0 Å². The molecule has 0 aromatic carbocycles. The van der Waals surface area contributed by atoms with Crippen molar-refractivity contribution in [1.82, 2.24) is 0 Å². The van der Waals surface area contributed by atoms with Gasteiger partial charge < -0.3 is 16.9 Å². The maximum Gasteiger partial charge on any atom is 0.0786 e. The topological polar surface area (TPSA) is 0 Å². The Bertz CT molecular complexity index is 101. The predicted octanol–water partition coefficient (Wildman–Crippen LogP) is 0.447. The number of hydrogen-bond acceptors (Lipinski definition) is 0. The van der Waals surface area contributed by atoms with Crippen LogP contribution in [-0.2, 0) is 0 Å². The van der Waals surface area contributed by atoms with E-state index in [0.717, 1.165) is 0 Å². The molecule has 0 aliphatic rings. The van der Waals surface area contributed by atoms with Gasteiger partial charge in [-0.15, -0.1) is 0 Å².